The molecule has 0 bridgehead atoms. The van der Waals surface area contributed by atoms with Crippen molar-refractivity contribution in [3.8, 4) is 12.1 Å². The Morgan fingerprint density at radius 1 is 0.938 bits per heavy atom. The number of hydrogen-bond acceptors (Lipinski definition) is 4. The predicted octanol–water partition coefficient (Wildman–Crippen LogP) is 5.62. The van der Waals surface area contributed by atoms with E-state index >= 15 is 0 Å². The summed E-state index contributed by atoms with van der Waals surface area (Å²) in [6.07, 6.45) is 3.75. The molecular formula is C27H18ClN3O. The van der Waals surface area contributed by atoms with Crippen LogP contribution in [0.3, 0.4) is 0 Å². The van der Waals surface area contributed by atoms with Crippen LogP contribution in [0.25, 0.3) is 6.08 Å². The van der Waals surface area contributed by atoms with Crippen molar-refractivity contribution in [3.05, 3.63) is 107 Å². The van der Waals surface area contributed by atoms with E-state index in [1.807, 2.05) is 77.7 Å². The summed E-state index contributed by atoms with van der Waals surface area (Å²) < 4.78 is 0. The summed E-state index contributed by atoms with van der Waals surface area (Å²) >= 11 is 6.23. The highest BCUT2D eigenvalue weighted by Crippen LogP contribution is 2.55. The van der Waals surface area contributed by atoms with Crippen LogP contribution in [0.2, 0.25) is 5.02 Å². The van der Waals surface area contributed by atoms with Crippen molar-refractivity contribution in [2.24, 2.45) is 5.41 Å². The average Bonchev–Trinajstić information content (AvgIpc) is 3.15. The first kappa shape index (κ1) is 20.1. The highest BCUT2D eigenvalue weighted by atomic mass is 35.5. The van der Waals surface area contributed by atoms with Gasteiger partial charge in [-0.05, 0) is 29.3 Å². The summed E-state index contributed by atoms with van der Waals surface area (Å²) in [5, 5.41) is 21.4. The van der Waals surface area contributed by atoms with Crippen LogP contribution in [-0.4, -0.2) is 17.9 Å². The van der Waals surface area contributed by atoms with Gasteiger partial charge in [-0.3, -0.25) is 4.79 Å². The lowest BCUT2D eigenvalue weighted by Crippen LogP contribution is -2.44. The molecule has 0 radical (unpaired) electrons. The quantitative estimate of drug-likeness (QED) is 0.500. The molecule has 32 heavy (non-hydrogen) atoms. The van der Waals surface area contributed by atoms with E-state index in [0.717, 1.165) is 16.8 Å². The molecule has 154 valence electrons. The molecule has 3 aromatic carbocycles. The number of hydrogen-bond donors (Lipinski definition) is 0. The van der Waals surface area contributed by atoms with Crippen LogP contribution >= 0.6 is 11.6 Å². The van der Waals surface area contributed by atoms with Gasteiger partial charge in [-0.15, -0.1) is 0 Å². The maximum atomic E-state index is 14.0. The topological polar surface area (TPSA) is 67.9 Å². The fourth-order valence-corrected chi connectivity index (χ4v) is 5.25. The molecule has 2 heterocycles. The molecule has 4 nitrogen and oxygen atoms in total. The molecule has 0 N–H and O–H groups in total. The smallest absolute Gasteiger partial charge is 0.185 e. The van der Waals surface area contributed by atoms with Crippen molar-refractivity contribution in [1.29, 1.82) is 10.5 Å². The number of carbonyl (C=O) groups excluding carboxylic acids is 1. The summed E-state index contributed by atoms with van der Waals surface area (Å²) in [5.41, 5.74) is 1.56. The lowest BCUT2D eigenvalue weighted by atomic mass is 9.69. The highest BCUT2D eigenvalue weighted by Gasteiger charge is 2.63. The van der Waals surface area contributed by atoms with Gasteiger partial charge in [0.25, 0.3) is 0 Å². The van der Waals surface area contributed by atoms with Crippen LogP contribution in [0.5, 0.6) is 0 Å². The van der Waals surface area contributed by atoms with E-state index in [4.69, 9.17) is 11.6 Å². The number of halogens is 1. The largest absolute Gasteiger partial charge is 0.351 e. The van der Waals surface area contributed by atoms with E-state index in [2.05, 4.69) is 12.1 Å². The molecule has 3 unspecified atom stereocenters. The van der Waals surface area contributed by atoms with Gasteiger partial charge in [-0.1, -0.05) is 84.4 Å². The molecular weight excluding hydrogens is 418 g/mol. The first-order valence-corrected chi connectivity index (χ1v) is 10.7. The number of nitriles is 2. The van der Waals surface area contributed by atoms with Crippen LogP contribution in [0, 0.1) is 28.1 Å². The predicted molar refractivity (Wildman–Crippen MR) is 124 cm³/mol. The van der Waals surface area contributed by atoms with Crippen LogP contribution < -0.4 is 4.90 Å². The second-order valence-electron chi connectivity index (χ2n) is 8.07. The van der Waals surface area contributed by atoms with Crippen molar-refractivity contribution in [3.63, 3.8) is 0 Å². The first-order valence-electron chi connectivity index (χ1n) is 10.3. The molecule has 2 aliphatic rings. The third kappa shape index (κ3) is 2.85. The number of ketones is 1. The molecule has 5 heteroatoms. The molecule has 0 aromatic heterocycles. The molecule has 1 fully saturated rings. The van der Waals surface area contributed by atoms with Crippen LogP contribution in [0.1, 0.15) is 27.4 Å². The van der Waals surface area contributed by atoms with Gasteiger partial charge in [0.15, 0.2) is 11.2 Å². The lowest BCUT2D eigenvalue weighted by Gasteiger charge is -2.35. The standard InChI is InChI=1S/C27H18ClN3O/c28-21-12-13-22-20(15-21)11-14-23-27(16-29,17-30)24(18-7-3-1-4-8-18)25(31(22)23)26(32)19-9-5-2-6-10-19/h1-15,23-25H. The van der Waals surface area contributed by atoms with E-state index in [0.29, 0.717) is 10.6 Å². The normalized spacial score (nSPS) is 22.3. The zero-order chi connectivity index (χ0) is 22.3. The Kier molecular flexibility index (Phi) is 4.82. The Morgan fingerprint density at radius 3 is 2.25 bits per heavy atom. The van der Waals surface area contributed by atoms with Crippen molar-refractivity contribution >= 4 is 29.1 Å². The zero-order valence-corrected chi connectivity index (χ0v) is 17.8. The van der Waals surface area contributed by atoms with Crippen LogP contribution in [0.15, 0.2) is 84.9 Å². The summed E-state index contributed by atoms with van der Waals surface area (Å²) in [5.74, 6) is -0.754. The van der Waals surface area contributed by atoms with Crippen LogP contribution in [0.4, 0.5) is 5.69 Å². The van der Waals surface area contributed by atoms with Crippen molar-refractivity contribution in [2.45, 2.75) is 18.0 Å². The number of rotatable bonds is 3. The third-order valence-electron chi connectivity index (χ3n) is 6.45. The number of Topliss-reactive ketones (excluding diaryl/α,β-unsaturated/α-hetero) is 1. The Bertz CT molecular complexity index is 1290. The van der Waals surface area contributed by atoms with Gasteiger partial charge in [-0.25, -0.2) is 0 Å². The van der Waals surface area contributed by atoms with E-state index < -0.39 is 23.4 Å². The second-order valence-corrected chi connectivity index (χ2v) is 8.51. The molecule has 1 saturated heterocycles. The Labute approximate surface area is 191 Å². The lowest BCUT2D eigenvalue weighted by molar-refractivity contribution is 0.0951. The molecule has 0 amide bonds. The second kappa shape index (κ2) is 7.68. The Balaban J connectivity index is 1.79. The summed E-state index contributed by atoms with van der Waals surface area (Å²) in [7, 11) is 0. The molecule has 3 aromatic rings. The SMILES string of the molecule is N#CC1(C#N)C(c2ccccc2)C(C(=O)c2ccccc2)N2c3ccc(Cl)cc3C=CC21. The van der Waals surface area contributed by atoms with Crippen molar-refractivity contribution in [2.75, 3.05) is 4.90 Å². The maximum absolute atomic E-state index is 14.0. The summed E-state index contributed by atoms with van der Waals surface area (Å²) in [6, 6.07) is 27.3. The number of fused-ring (bicyclic) bond motifs is 3. The summed E-state index contributed by atoms with van der Waals surface area (Å²) in [4.78, 5) is 15.9. The van der Waals surface area contributed by atoms with Gasteiger partial charge in [0.2, 0.25) is 0 Å². The average molecular weight is 436 g/mol. The van der Waals surface area contributed by atoms with Gasteiger partial charge < -0.3 is 4.90 Å². The molecule has 0 aliphatic carbocycles. The minimum Gasteiger partial charge on any atom is -0.351 e. The van der Waals surface area contributed by atoms with Crippen molar-refractivity contribution in [1.82, 2.24) is 0 Å². The molecule has 2 aliphatic heterocycles. The fourth-order valence-electron chi connectivity index (χ4n) is 5.07. The van der Waals surface area contributed by atoms with E-state index in [1.165, 1.54) is 0 Å². The Hall–Kier alpha value is -3.86. The number of anilines is 1. The van der Waals surface area contributed by atoms with Gasteiger partial charge in [0.05, 0.1) is 18.2 Å². The fraction of sp³-hybridized carbons (Fsp3) is 0.148. The molecule has 0 saturated carbocycles. The molecule has 0 spiro atoms. The molecule has 5 rings (SSSR count). The monoisotopic (exact) mass is 435 g/mol. The highest BCUT2D eigenvalue weighted by molar-refractivity contribution is 6.30. The maximum Gasteiger partial charge on any atom is 0.185 e. The third-order valence-corrected chi connectivity index (χ3v) is 6.69. The van der Waals surface area contributed by atoms with Gasteiger partial charge >= 0.3 is 0 Å². The minimum absolute atomic E-state index is 0.118. The zero-order valence-electron chi connectivity index (χ0n) is 17.0. The van der Waals surface area contributed by atoms with E-state index in [9.17, 15) is 15.3 Å². The minimum atomic E-state index is -1.44. The first-order chi connectivity index (χ1) is 15.6. The van der Waals surface area contributed by atoms with Crippen molar-refractivity contribution < 1.29 is 4.79 Å². The Morgan fingerprint density at radius 2 is 1.59 bits per heavy atom. The number of nitrogens with zero attached hydrogens (tertiary/aromatic N) is 3. The van der Waals surface area contributed by atoms with Gasteiger partial charge in [-0.2, -0.15) is 10.5 Å². The van der Waals surface area contributed by atoms with Gasteiger partial charge in [0, 0.05) is 22.2 Å². The molecule has 3 atom stereocenters. The number of benzene rings is 3. The van der Waals surface area contributed by atoms with Crippen LogP contribution in [-0.2, 0) is 0 Å². The van der Waals surface area contributed by atoms with Gasteiger partial charge in [0.1, 0.15) is 6.04 Å². The summed E-state index contributed by atoms with van der Waals surface area (Å²) in [6.45, 7) is 0. The van der Waals surface area contributed by atoms with E-state index in [-0.39, 0.29) is 5.78 Å². The number of carbonyl (C=O) groups is 1. The van der Waals surface area contributed by atoms with E-state index in [1.54, 1.807) is 18.2 Å².